The molecule has 28 heavy (non-hydrogen) atoms. The molecule has 0 aromatic heterocycles. The van der Waals surface area contributed by atoms with Crippen LogP contribution in [0, 0.1) is 0 Å². The standard InChI is InChI=1S/C20H9BrO7/c21-15-13(18(26)11-7(16(15)24)3-1-5-9(11)22)14-19(27)12-8(17(25)20(14)28)4-2-6-10(12)23/h1-6,22-23,27H. The summed E-state index contributed by atoms with van der Waals surface area (Å²) in [4.78, 5) is 50.8. The van der Waals surface area contributed by atoms with E-state index < -0.39 is 51.5 Å². The van der Waals surface area contributed by atoms with Crippen molar-refractivity contribution in [1.82, 2.24) is 0 Å². The Hall–Kier alpha value is -3.52. The van der Waals surface area contributed by atoms with E-state index in [2.05, 4.69) is 15.9 Å². The number of allylic oxidation sites excluding steroid dienone is 3. The minimum Gasteiger partial charge on any atom is -0.507 e. The van der Waals surface area contributed by atoms with Gasteiger partial charge in [-0.25, -0.2) is 0 Å². The van der Waals surface area contributed by atoms with Gasteiger partial charge in [0, 0.05) is 11.1 Å². The van der Waals surface area contributed by atoms with Crippen molar-refractivity contribution in [3.63, 3.8) is 0 Å². The molecule has 8 heteroatoms. The SMILES string of the molecule is O=C1C(=O)c2cccc(O)c2C(O)=C1C1=C(Br)C(=O)c2cccc(O)c2C1=O. The first-order chi connectivity index (χ1) is 13.3. The average Bonchev–Trinajstić information content (AvgIpc) is 2.66. The molecule has 0 saturated carbocycles. The summed E-state index contributed by atoms with van der Waals surface area (Å²) in [5.41, 5.74) is -2.21. The van der Waals surface area contributed by atoms with E-state index in [4.69, 9.17) is 0 Å². The monoisotopic (exact) mass is 440 g/mol. The van der Waals surface area contributed by atoms with Crippen LogP contribution in [0.25, 0.3) is 5.76 Å². The predicted molar refractivity (Wildman–Crippen MR) is 99.7 cm³/mol. The highest BCUT2D eigenvalue weighted by atomic mass is 79.9. The van der Waals surface area contributed by atoms with Crippen molar-refractivity contribution >= 4 is 44.8 Å². The number of rotatable bonds is 1. The molecule has 0 saturated heterocycles. The van der Waals surface area contributed by atoms with Gasteiger partial charge in [0.25, 0.3) is 0 Å². The Morgan fingerprint density at radius 1 is 0.607 bits per heavy atom. The second-order valence-corrected chi connectivity index (χ2v) is 6.92. The van der Waals surface area contributed by atoms with Crippen molar-refractivity contribution in [3.8, 4) is 11.5 Å². The maximum absolute atomic E-state index is 13.0. The van der Waals surface area contributed by atoms with Gasteiger partial charge < -0.3 is 15.3 Å². The third kappa shape index (κ3) is 2.21. The van der Waals surface area contributed by atoms with E-state index in [1.165, 1.54) is 36.4 Å². The fraction of sp³-hybridized carbons (Fsp3) is 0. The second-order valence-electron chi connectivity index (χ2n) is 6.13. The number of benzene rings is 2. The highest BCUT2D eigenvalue weighted by Gasteiger charge is 2.43. The molecule has 2 aliphatic rings. The molecule has 0 heterocycles. The highest BCUT2D eigenvalue weighted by molar-refractivity contribution is 9.12. The lowest BCUT2D eigenvalue weighted by atomic mass is 9.79. The van der Waals surface area contributed by atoms with E-state index in [-0.39, 0.29) is 26.7 Å². The number of aliphatic hydroxyl groups excluding tert-OH is 1. The molecule has 2 aromatic rings. The summed E-state index contributed by atoms with van der Waals surface area (Å²) < 4.78 is -0.336. The molecule has 138 valence electrons. The number of hydrogen-bond acceptors (Lipinski definition) is 7. The lowest BCUT2D eigenvalue weighted by Crippen LogP contribution is -2.30. The number of ketones is 4. The number of phenols is 2. The first-order valence-corrected chi connectivity index (χ1v) is 8.71. The molecule has 2 aromatic carbocycles. The first-order valence-electron chi connectivity index (χ1n) is 7.91. The van der Waals surface area contributed by atoms with Gasteiger partial charge in [-0.2, -0.15) is 0 Å². The molecule has 0 amide bonds. The van der Waals surface area contributed by atoms with Crippen LogP contribution in [0.3, 0.4) is 0 Å². The molecule has 0 radical (unpaired) electrons. The van der Waals surface area contributed by atoms with Gasteiger partial charge in [0.15, 0.2) is 5.78 Å². The van der Waals surface area contributed by atoms with E-state index in [1.807, 2.05) is 0 Å². The molecule has 0 spiro atoms. The Morgan fingerprint density at radius 2 is 1.14 bits per heavy atom. The predicted octanol–water partition coefficient (Wildman–Crippen LogP) is 2.86. The van der Waals surface area contributed by atoms with Crippen molar-refractivity contribution in [1.29, 1.82) is 0 Å². The zero-order chi connectivity index (χ0) is 20.3. The van der Waals surface area contributed by atoms with Crippen molar-refractivity contribution in [2.75, 3.05) is 0 Å². The number of aliphatic hydroxyl groups is 1. The Bertz CT molecular complexity index is 1220. The Morgan fingerprint density at radius 3 is 1.75 bits per heavy atom. The van der Waals surface area contributed by atoms with Crippen LogP contribution in [-0.2, 0) is 4.79 Å². The molecule has 0 aliphatic heterocycles. The summed E-state index contributed by atoms with van der Waals surface area (Å²) in [6.45, 7) is 0. The van der Waals surface area contributed by atoms with Crippen molar-refractivity contribution in [2.24, 2.45) is 0 Å². The van der Waals surface area contributed by atoms with Crippen LogP contribution < -0.4 is 0 Å². The van der Waals surface area contributed by atoms with Gasteiger partial charge in [-0.15, -0.1) is 0 Å². The van der Waals surface area contributed by atoms with Crippen LogP contribution in [0.15, 0.2) is 52.0 Å². The second kappa shape index (κ2) is 6.00. The van der Waals surface area contributed by atoms with Crippen LogP contribution in [0.5, 0.6) is 11.5 Å². The smallest absolute Gasteiger partial charge is 0.238 e. The third-order valence-electron chi connectivity index (χ3n) is 4.60. The van der Waals surface area contributed by atoms with Crippen LogP contribution in [-0.4, -0.2) is 38.5 Å². The van der Waals surface area contributed by atoms with E-state index in [9.17, 15) is 34.5 Å². The Labute approximate surface area is 165 Å². The fourth-order valence-electron chi connectivity index (χ4n) is 3.33. The van der Waals surface area contributed by atoms with Gasteiger partial charge in [-0.3, -0.25) is 19.2 Å². The molecule has 2 aliphatic carbocycles. The quantitative estimate of drug-likeness (QED) is 0.581. The summed E-state index contributed by atoms with van der Waals surface area (Å²) in [6.07, 6.45) is 0. The zero-order valence-electron chi connectivity index (χ0n) is 13.8. The molecule has 0 atom stereocenters. The van der Waals surface area contributed by atoms with E-state index in [0.29, 0.717) is 0 Å². The highest BCUT2D eigenvalue weighted by Crippen LogP contribution is 2.42. The number of aromatic hydroxyl groups is 2. The summed E-state index contributed by atoms with van der Waals surface area (Å²) in [5, 5.41) is 30.8. The number of halogens is 1. The minimum atomic E-state index is -1.21. The van der Waals surface area contributed by atoms with Crippen LogP contribution in [0.4, 0.5) is 0 Å². The molecule has 0 bridgehead atoms. The molecular weight excluding hydrogens is 432 g/mol. The van der Waals surface area contributed by atoms with Crippen molar-refractivity contribution in [2.45, 2.75) is 0 Å². The number of carbonyl (C=O) groups is 4. The molecule has 3 N–H and O–H groups in total. The van der Waals surface area contributed by atoms with Crippen LogP contribution in [0.1, 0.15) is 36.6 Å². The van der Waals surface area contributed by atoms with Crippen molar-refractivity contribution < 1.29 is 34.5 Å². The summed E-state index contributed by atoms with van der Waals surface area (Å²) >= 11 is 2.98. The van der Waals surface area contributed by atoms with E-state index in [1.54, 1.807) is 0 Å². The number of fused-ring (bicyclic) bond motifs is 2. The lowest BCUT2D eigenvalue weighted by molar-refractivity contribution is -0.111. The molecule has 4 rings (SSSR count). The molecule has 0 fully saturated rings. The summed E-state index contributed by atoms with van der Waals surface area (Å²) in [6, 6.07) is 7.69. The van der Waals surface area contributed by atoms with Gasteiger partial charge in [0.1, 0.15) is 17.3 Å². The number of Topliss-reactive ketones (excluding diaryl/α,β-unsaturated/α-hetero) is 4. The zero-order valence-corrected chi connectivity index (χ0v) is 15.4. The topological polar surface area (TPSA) is 129 Å². The number of hydrogen-bond donors (Lipinski definition) is 3. The summed E-state index contributed by atoms with van der Waals surface area (Å²) in [5.74, 6) is -5.62. The minimum absolute atomic E-state index is 0.0847. The maximum atomic E-state index is 13.0. The largest absolute Gasteiger partial charge is 0.507 e. The van der Waals surface area contributed by atoms with Crippen LogP contribution in [0.2, 0.25) is 0 Å². The van der Waals surface area contributed by atoms with Crippen molar-refractivity contribution in [3.05, 3.63) is 74.3 Å². The van der Waals surface area contributed by atoms with E-state index >= 15 is 0 Å². The lowest BCUT2D eigenvalue weighted by Gasteiger charge is -2.24. The summed E-state index contributed by atoms with van der Waals surface area (Å²) in [7, 11) is 0. The maximum Gasteiger partial charge on any atom is 0.238 e. The normalized spacial score (nSPS) is 16.5. The van der Waals surface area contributed by atoms with Gasteiger partial charge >= 0.3 is 0 Å². The van der Waals surface area contributed by atoms with Gasteiger partial charge in [-0.1, -0.05) is 12.1 Å². The first kappa shape index (κ1) is 17.9. The third-order valence-corrected chi connectivity index (χ3v) is 5.36. The average molecular weight is 441 g/mol. The number of carbonyl (C=O) groups excluding carboxylic acids is 4. The van der Waals surface area contributed by atoms with Gasteiger partial charge in [0.05, 0.1) is 26.8 Å². The van der Waals surface area contributed by atoms with E-state index in [0.717, 1.165) is 0 Å². The fourth-order valence-corrected chi connectivity index (χ4v) is 3.92. The van der Waals surface area contributed by atoms with Crippen LogP contribution >= 0.6 is 15.9 Å². The molecule has 7 nitrogen and oxygen atoms in total. The number of phenolic OH excluding ortho intramolecular Hbond substituents is 2. The van der Waals surface area contributed by atoms with Gasteiger partial charge in [0.2, 0.25) is 17.3 Å². The Kier molecular flexibility index (Phi) is 3.83. The molecular formula is C20H9BrO7. The van der Waals surface area contributed by atoms with Gasteiger partial charge in [-0.05, 0) is 40.2 Å². The Balaban J connectivity index is 2.06. The molecule has 0 unspecified atom stereocenters.